The summed E-state index contributed by atoms with van der Waals surface area (Å²) in [5, 5.41) is 0. The largest absolute Gasteiger partial charge is 0.310 e. The van der Waals surface area contributed by atoms with Crippen molar-refractivity contribution in [3.63, 3.8) is 0 Å². The molecule has 422 valence electrons. The number of fused-ring (bicyclic) bond motifs is 15. The highest BCUT2D eigenvalue weighted by Gasteiger charge is 2.53. The van der Waals surface area contributed by atoms with Gasteiger partial charge in [0.05, 0.1) is 21.9 Å². The molecule has 1 unspecified atom stereocenters. The number of hydrogen-bond acceptors (Lipinski definition) is 3. The van der Waals surface area contributed by atoms with Crippen LogP contribution in [0.4, 0.5) is 34.1 Å². The standard InChI is InChI=1S/C87H58N2S/c1-5-28-59(29-6-1)85(73-45-18-13-40-68(73)69-41-14-19-46-74(69)85)61-32-25-38-65(56-61)88(63-34-9-3-10-35-63)67-54-55-83-80(58-67)87(78-50-23-24-53-82(78)90-83)77-49-22-17-44-72(77)84-79(87)51-27-52-81(84)89(64-36-11-4-12-37-64)66-39-26-33-62(57-66)86(60-30-7-2-8-31-60)75-47-20-15-42-70(75)71-43-16-21-48-76(71)86/h1-58H. The van der Waals surface area contributed by atoms with Crippen LogP contribution in [0.1, 0.15) is 66.8 Å². The van der Waals surface area contributed by atoms with Gasteiger partial charge in [-0.25, -0.2) is 0 Å². The highest BCUT2D eigenvalue weighted by atomic mass is 32.2. The third-order valence-corrected chi connectivity index (χ3v) is 21.0. The van der Waals surface area contributed by atoms with Crippen LogP contribution in [0.3, 0.4) is 0 Å². The van der Waals surface area contributed by atoms with E-state index in [9.17, 15) is 0 Å². The average molecular weight is 1160 g/mol. The van der Waals surface area contributed by atoms with Gasteiger partial charge in [-0.15, -0.1) is 0 Å². The lowest BCUT2D eigenvalue weighted by atomic mass is 9.67. The Morgan fingerprint density at radius 2 is 0.544 bits per heavy atom. The van der Waals surface area contributed by atoms with Gasteiger partial charge in [0.15, 0.2) is 0 Å². The first-order valence-electron chi connectivity index (χ1n) is 31.2. The Labute approximate surface area is 530 Å². The number of hydrogen-bond donors (Lipinski definition) is 0. The van der Waals surface area contributed by atoms with Gasteiger partial charge < -0.3 is 9.80 Å². The third kappa shape index (κ3) is 7.36. The van der Waals surface area contributed by atoms with E-state index < -0.39 is 16.2 Å². The van der Waals surface area contributed by atoms with E-state index in [1.165, 1.54) is 110 Å². The SMILES string of the molecule is c1ccc(N(c2cccc(C3(c4ccccc4)c4ccccc4-c4ccccc43)c2)c2ccc3c(c2)C2(c4ccccc4S3)c3ccccc3-c3c(N(c4ccccc4)c4cccc(C5(c6ccccc6)c6ccccc6-c6ccccc65)c4)cccc32)cc1. The lowest BCUT2D eigenvalue weighted by Gasteiger charge is -2.41. The molecule has 0 aromatic heterocycles. The Morgan fingerprint density at radius 3 is 1.06 bits per heavy atom. The number of rotatable bonds is 10. The summed E-state index contributed by atoms with van der Waals surface area (Å²) in [5.41, 5.74) is 27.5. The van der Waals surface area contributed by atoms with Crippen LogP contribution >= 0.6 is 11.8 Å². The van der Waals surface area contributed by atoms with Crippen LogP contribution in [0.5, 0.6) is 0 Å². The van der Waals surface area contributed by atoms with E-state index in [2.05, 4.69) is 362 Å². The quantitative estimate of drug-likeness (QED) is 0.135. The van der Waals surface area contributed by atoms with Crippen LogP contribution in [0.15, 0.2) is 362 Å². The first-order chi connectivity index (χ1) is 44.7. The predicted octanol–water partition coefficient (Wildman–Crippen LogP) is 22.2. The van der Waals surface area contributed by atoms with Crippen LogP contribution in [0, 0.1) is 0 Å². The van der Waals surface area contributed by atoms with E-state index in [-0.39, 0.29) is 0 Å². The molecule has 0 radical (unpaired) electrons. The number of benzene rings is 14. The molecular weight excluding hydrogens is 1110 g/mol. The van der Waals surface area contributed by atoms with Crippen molar-refractivity contribution in [2.45, 2.75) is 26.0 Å². The second-order valence-electron chi connectivity index (χ2n) is 24.1. The van der Waals surface area contributed by atoms with Gasteiger partial charge in [-0.2, -0.15) is 0 Å². The number of anilines is 6. The van der Waals surface area contributed by atoms with Gasteiger partial charge in [0, 0.05) is 43.8 Å². The minimum absolute atomic E-state index is 0.562. The fourth-order valence-electron chi connectivity index (χ4n) is 16.5. The Bertz CT molecular complexity index is 5040. The predicted molar refractivity (Wildman–Crippen MR) is 372 cm³/mol. The molecule has 1 aliphatic heterocycles. The summed E-state index contributed by atoms with van der Waals surface area (Å²) in [7, 11) is 0. The van der Waals surface area contributed by atoms with Crippen molar-refractivity contribution < 1.29 is 0 Å². The zero-order valence-corrected chi connectivity index (χ0v) is 50.1. The van der Waals surface area contributed by atoms with E-state index in [0.29, 0.717) is 0 Å². The van der Waals surface area contributed by atoms with Crippen molar-refractivity contribution in [2.75, 3.05) is 9.80 Å². The Hall–Kier alpha value is -11.0. The van der Waals surface area contributed by atoms with Crippen molar-refractivity contribution >= 4 is 45.9 Å². The van der Waals surface area contributed by atoms with Crippen molar-refractivity contribution in [1.82, 2.24) is 0 Å². The molecule has 0 saturated heterocycles. The minimum atomic E-state index is -0.702. The maximum Gasteiger partial charge on any atom is 0.0736 e. The fourth-order valence-corrected chi connectivity index (χ4v) is 17.6. The monoisotopic (exact) mass is 1160 g/mol. The molecule has 0 bridgehead atoms. The van der Waals surface area contributed by atoms with Gasteiger partial charge in [0.2, 0.25) is 0 Å². The van der Waals surface area contributed by atoms with Crippen LogP contribution in [0.25, 0.3) is 33.4 Å². The lowest BCUT2D eigenvalue weighted by Crippen LogP contribution is -2.32. The van der Waals surface area contributed by atoms with Gasteiger partial charge in [-0.1, -0.05) is 285 Å². The molecule has 0 saturated carbocycles. The molecule has 14 aromatic carbocycles. The molecule has 90 heavy (non-hydrogen) atoms. The molecule has 0 N–H and O–H groups in total. The molecule has 3 heteroatoms. The van der Waals surface area contributed by atoms with Gasteiger partial charge in [0.25, 0.3) is 0 Å². The van der Waals surface area contributed by atoms with Crippen molar-refractivity contribution in [3.8, 4) is 33.4 Å². The van der Waals surface area contributed by atoms with E-state index in [1.54, 1.807) is 0 Å². The molecule has 0 fully saturated rings. The molecule has 14 aromatic rings. The van der Waals surface area contributed by atoms with E-state index in [4.69, 9.17) is 0 Å². The zero-order valence-electron chi connectivity index (χ0n) is 49.3. The molecule has 1 spiro atoms. The van der Waals surface area contributed by atoms with E-state index in [0.717, 1.165) is 34.1 Å². The number of nitrogens with zero attached hydrogens (tertiary/aromatic N) is 2. The van der Waals surface area contributed by atoms with Crippen LogP contribution in [-0.4, -0.2) is 0 Å². The van der Waals surface area contributed by atoms with Gasteiger partial charge in [-0.3, -0.25) is 0 Å². The molecule has 2 nitrogen and oxygen atoms in total. The Balaban J connectivity index is 0.854. The first kappa shape index (κ1) is 52.2. The topological polar surface area (TPSA) is 6.48 Å². The smallest absolute Gasteiger partial charge is 0.0736 e. The van der Waals surface area contributed by atoms with Crippen LogP contribution < -0.4 is 9.80 Å². The lowest BCUT2D eigenvalue weighted by molar-refractivity contribution is 0.722. The molecule has 0 amide bonds. The molecular formula is C87H58N2S. The van der Waals surface area contributed by atoms with Crippen molar-refractivity contribution in [3.05, 3.63) is 419 Å². The van der Waals surface area contributed by atoms with Crippen molar-refractivity contribution in [2.24, 2.45) is 0 Å². The highest BCUT2D eigenvalue weighted by Crippen LogP contribution is 2.66. The zero-order chi connectivity index (χ0) is 59.4. The maximum atomic E-state index is 2.53. The second-order valence-corrected chi connectivity index (χ2v) is 25.2. The minimum Gasteiger partial charge on any atom is -0.310 e. The summed E-state index contributed by atoms with van der Waals surface area (Å²) in [6.45, 7) is 0. The summed E-state index contributed by atoms with van der Waals surface area (Å²) in [4.78, 5) is 7.51. The Morgan fingerprint density at radius 1 is 0.200 bits per heavy atom. The molecule has 1 heterocycles. The van der Waals surface area contributed by atoms with E-state index in [1.807, 2.05) is 11.8 Å². The van der Waals surface area contributed by atoms with E-state index >= 15 is 0 Å². The summed E-state index contributed by atoms with van der Waals surface area (Å²) < 4.78 is 0. The third-order valence-electron chi connectivity index (χ3n) is 19.8. The molecule has 18 rings (SSSR count). The maximum absolute atomic E-state index is 2.53. The summed E-state index contributed by atoms with van der Waals surface area (Å²) in [6, 6.07) is 132. The van der Waals surface area contributed by atoms with Gasteiger partial charge in [-0.05, 0) is 173 Å². The second kappa shape index (κ2) is 20.6. The highest BCUT2D eigenvalue weighted by molar-refractivity contribution is 7.99. The molecule has 4 aliphatic rings. The normalized spacial score (nSPS) is 15.3. The summed E-state index contributed by atoms with van der Waals surface area (Å²) >= 11 is 1.88. The molecule has 3 aliphatic carbocycles. The van der Waals surface area contributed by atoms with Crippen LogP contribution in [0.2, 0.25) is 0 Å². The fraction of sp³-hybridized carbons (Fsp3) is 0.0345. The Kier molecular flexibility index (Phi) is 11.9. The number of para-hydroxylation sites is 2. The van der Waals surface area contributed by atoms with Gasteiger partial charge >= 0.3 is 0 Å². The first-order valence-corrected chi connectivity index (χ1v) is 32.0. The van der Waals surface area contributed by atoms with Gasteiger partial charge in [0.1, 0.15) is 0 Å². The van der Waals surface area contributed by atoms with Crippen molar-refractivity contribution in [1.29, 1.82) is 0 Å². The molecule has 1 atom stereocenters. The average Bonchev–Trinajstić information content (AvgIpc) is 1.47. The summed E-state index contributed by atoms with van der Waals surface area (Å²) in [6.07, 6.45) is 0. The summed E-state index contributed by atoms with van der Waals surface area (Å²) in [5.74, 6) is 0. The van der Waals surface area contributed by atoms with Crippen LogP contribution in [-0.2, 0) is 16.2 Å².